The van der Waals surface area contributed by atoms with Gasteiger partial charge in [0.15, 0.2) is 0 Å². The van der Waals surface area contributed by atoms with E-state index < -0.39 is 0 Å². The minimum atomic E-state index is 0.507. The average Bonchev–Trinajstić information content (AvgIpc) is 2.21. The molecular formula is C11H11NS. The first kappa shape index (κ1) is 8.57. The molecule has 13 heavy (non-hydrogen) atoms. The van der Waals surface area contributed by atoms with Crippen LogP contribution in [-0.4, -0.2) is 11.5 Å². The summed E-state index contributed by atoms with van der Waals surface area (Å²) < 4.78 is 0. The van der Waals surface area contributed by atoms with Crippen LogP contribution in [-0.2, 0) is 6.42 Å². The first-order chi connectivity index (χ1) is 6.45. The van der Waals surface area contributed by atoms with Gasteiger partial charge in [0.25, 0.3) is 0 Å². The summed E-state index contributed by atoms with van der Waals surface area (Å²) in [6.07, 6.45) is 4.92. The second-order valence-corrected chi connectivity index (χ2v) is 4.10. The highest BCUT2D eigenvalue weighted by atomic mass is 32.2. The maximum absolute atomic E-state index is 4.13. The van der Waals surface area contributed by atoms with Gasteiger partial charge >= 0.3 is 0 Å². The van der Waals surface area contributed by atoms with Crippen molar-refractivity contribution in [2.45, 2.75) is 11.7 Å². The zero-order chi connectivity index (χ0) is 8.93. The number of nitrogens with zero attached hydrogens (tertiary/aromatic N) is 1. The van der Waals surface area contributed by atoms with Crippen molar-refractivity contribution >= 4 is 18.0 Å². The number of hydrogen-bond donors (Lipinski definition) is 0. The predicted molar refractivity (Wildman–Crippen MR) is 59.2 cm³/mol. The lowest BCUT2D eigenvalue weighted by Gasteiger charge is -2.10. The van der Waals surface area contributed by atoms with Crippen LogP contribution in [0.1, 0.15) is 5.56 Å². The number of hydrogen-bond acceptors (Lipinski definition) is 2. The summed E-state index contributed by atoms with van der Waals surface area (Å²) in [4.78, 5) is 4.13. The lowest BCUT2D eigenvalue weighted by Crippen LogP contribution is -2.08. The molecule has 0 N–H and O–H groups in total. The van der Waals surface area contributed by atoms with Crippen LogP contribution in [0.4, 0.5) is 0 Å². The maximum Gasteiger partial charge on any atom is 0.0482 e. The molecule has 1 atom stereocenters. The van der Waals surface area contributed by atoms with Crippen LogP contribution in [0, 0.1) is 0 Å². The zero-order valence-electron chi connectivity index (χ0n) is 7.26. The monoisotopic (exact) mass is 189 g/mol. The molecule has 0 spiro atoms. The van der Waals surface area contributed by atoms with E-state index in [1.807, 2.05) is 35.7 Å². The standard InChI is InChI=1S/C11H11NS/c1-2-4-10(5-3-1)8-11-9-12-6-7-13-11/h1-7,9,11H,8H2. The first-order valence-electron chi connectivity index (χ1n) is 4.33. The molecule has 1 nitrogen and oxygen atoms in total. The smallest absolute Gasteiger partial charge is 0.0482 e. The molecule has 0 amide bonds. The molecule has 1 aliphatic heterocycles. The molecule has 0 radical (unpaired) electrons. The molecule has 0 saturated heterocycles. The van der Waals surface area contributed by atoms with Gasteiger partial charge in [-0.15, -0.1) is 11.8 Å². The summed E-state index contributed by atoms with van der Waals surface area (Å²) in [6, 6.07) is 10.5. The number of rotatable bonds is 2. The van der Waals surface area contributed by atoms with E-state index in [0.717, 1.165) is 6.42 Å². The molecule has 66 valence electrons. The molecule has 0 saturated carbocycles. The lowest BCUT2D eigenvalue weighted by molar-refractivity contribution is 1.07. The third kappa shape index (κ3) is 2.46. The van der Waals surface area contributed by atoms with Crippen LogP contribution < -0.4 is 0 Å². The Balaban J connectivity index is 1.99. The fourth-order valence-electron chi connectivity index (χ4n) is 1.30. The Labute approximate surface area is 82.6 Å². The van der Waals surface area contributed by atoms with Crippen LogP contribution in [0.2, 0.25) is 0 Å². The van der Waals surface area contributed by atoms with Crippen LogP contribution in [0.3, 0.4) is 0 Å². The molecule has 1 aromatic rings. The van der Waals surface area contributed by atoms with Crippen molar-refractivity contribution in [3.63, 3.8) is 0 Å². The molecule has 0 bridgehead atoms. The largest absolute Gasteiger partial charge is 0.267 e. The summed E-state index contributed by atoms with van der Waals surface area (Å²) in [5.74, 6) is 0. The van der Waals surface area contributed by atoms with Gasteiger partial charge in [0, 0.05) is 17.7 Å². The van der Waals surface area contributed by atoms with Crippen LogP contribution >= 0.6 is 11.8 Å². The molecular weight excluding hydrogens is 178 g/mol. The van der Waals surface area contributed by atoms with Crippen LogP contribution in [0.15, 0.2) is 46.9 Å². The van der Waals surface area contributed by atoms with E-state index in [1.165, 1.54) is 5.56 Å². The highest BCUT2D eigenvalue weighted by molar-refractivity contribution is 8.03. The van der Waals surface area contributed by atoms with Gasteiger partial charge in [-0.3, -0.25) is 4.99 Å². The van der Waals surface area contributed by atoms with E-state index in [4.69, 9.17) is 0 Å². The van der Waals surface area contributed by atoms with Crippen molar-refractivity contribution < 1.29 is 0 Å². The van der Waals surface area contributed by atoms with E-state index in [2.05, 4.69) is 29.3 Å². The Kier molecular flexibility index (Phi) is 2.82. The Morgan fingerprint density at radius 1 is 1.23 bits per heavy atom. The highest BCUT2D eigenvalue weighted by Gasteiger charge is 2.07. The average molecular weight is 189 g/mol. The van der Waals surface area contributed by atoms with Gasteiger partial charge in [-0.1, -0.05) is 30.3 Å². The van der Waals surface area contributed by atoms with Gasteiger partial charge in [0.05, 0.1) is 0 Å². The summed E-state index contributed by atoms with van der Waals surface area (Å²) in [6.45, 7) is 0. The van der Waals surface area contributed by atoms with Crippen molar-refractivity contribution in [3.05, 3.63) is 47.5 Å². The van der Waals surface area contributed by atoms with Gasteiger partial charge in [0.1, 0.15) is 0 Å². The molecule has 2 heteroatoms. The van der Waals surface area contributed by atoms with Crippen molar-refractivity contribution in [1.82, 2.24) is 0 Å². The van der Waals surface area contributed by atoms with E-state index in [-0.39, 0.29) is 0 Å². The van der Waals surface area contributed by atoms with Gasteiger partial charge in [-0.2, -0.15) is 0 Å². The molecule has 0 fully saturated rings. The predicted octanol–water partition coefficient (Wildman–Crippen LogP) is 2.89. The Morgan fingerprint density at radius 2 is 2.08 bits per heavy atom. The van der Waals surface area contributed by atoms with E-state index in [0.29, 0.717) is 5.25 Å². The lowest BCUT2D eigenvalue weighted by atomic mass is 10.1. The van der Waals surface area contributed by atoms with E-state index >= 15 is 0 Å². The summed E-state index contributed by atoms with van der Waals surface area (Å²) in [7, 11) is 0. The molecule has 1 unspecified atom stereocenters. The topological polar surface area (TPSA) is 12.4 Å². The second kappa shape index (κ2) is 4.28. The summed E-state index contributed by atoms with van der Waals surface area (Å²) in [5.41, 5.74) is 1.38. The minimum Gasteiger partial charge on any atom is -0.267 e. The van der Waals surface area contributed by atoms with Gasteiger partial charge < -0.3 is 0 Å². The van der Waals surface area contributed by atoms with Gasteiger partial charge in [-0.05, 0) is 17.4 Å². The van der Waals surface area contributed by atoms with Gasteiger partial charge in [-0.25, -0.2) is 0 Å². The SMILES string of the molecule is C1=CSC(Cc2ccccc2)C=N1. The van der Waals surface area contributed by atoms with E-state index in [9.17, 15) is 0 Å². The minimum absolute atomic E-state index is 0.507. The summed E-state index contributed by atoms with van der Waals surface area (Å²) >= 11 is 1.83. The molecule has 2 rings (SSSR count). The van der Waals surface area contributed by atoms with Crippen molar-refractivity contribution in [3.8, 4) is 0 Å². The van der Waals surface area contributed by atoms with Crippen molar-refractivity contribution in [1.29, 1.82) is 0 Å². The molecule has 0 aliphatic carbocycles. The van der Waals surface area contributed by atoms with Crippen LogP contribution in [0.25, 0.3) is 0 Å². The molecule has 0 aromatic heterocycles. The van der Waals surface area contributed by atoms with E-state index in [1.54, 1.807) is 0 Å². The Bertz CT molecular complexity index is 316. The quantitative estimate of drug-likeness (QED) is 0.697. The Hall–Kier alpha value is -1.02. The second-order valence-electron chi connectivity index (χ2n) is 2.95. The third-order valence-corrected chi connectivity index (χ3v) is 2.85. The fraction of sp³-hybridized carbons (Fsp3) is 0.182. The van der Waals surface area contributed by atoms with Crippen molar-refractivity contribution in [2.24, 2.45) is 4.99 Å². The highest BCUT2D eigenvalue weighted by Crippen LogP contribution is 2.18. The number of aliphatic imine (C=N–C) groups is 1. The summed E-state index contributed by atoms with van der Waals surface area (Å²) in [5, 5.41) is 2.56. The first-order valence-corrected chi connectivity index (χ1v) is 5.27. The molecule has 1 aliphatic rings. The van der Waals surface area contributed by atoms with Gasteiger partial charge in [0.2, 0.25) is 0 Å². The zero-order valence-corrected chi connectivity index (χ0v) is 8.08. The maximum atomic E-state index is 4.13. The normalized spacial score (nSPS) is 20.5. The van der Waals surface area contributed by atoms with Crippen LogP contribution in [0.5, 0.6) is 0 Å². The molecule has 1 aromatic carbocycles. The fourth-order valence-corrected chi connectivity index (χ4v) is 2.07. The third-order valence-electron chi connectivity index (χ3n) is 1.93. The Morgan fingerprint density at radius 3 is 2.77 bits per heavy atom. The number of thioether (sulfide) groups is 1. The van der Waals surface area contributed by atoms with Crippen molar-refractivity contribution in [2.75, 3.05) is 0 Å². The molecule has 1 heterocycles. The number of benzene rings is 1.